The quantitative estimate of drug-likeness (QED) is 0.154. The maximum absolute atomic E-state index is 14.2. The third-order valence-electron chi connectivity index (χ3n) is 6.65. The smallest absolute Gasteiger partial charge is 0.169 e. The van der Waals surface area contributed by atoms with Crippen LogP contribution < -0.4 is 9.47 Å². The summed E-state index contributed by atoms with van der Waals surface area (Å²) in [6.07, 6.45) is 0. The molecular formula is C36H24ClFO2. The maximum Gasteiger partial charge on any atom is 0.169 e. The van der Waals surface area contributed by atoms with Gasteiger partial charge in [-0.3, -0.25) is 0 Å². The minimum Gasteiger partial charge on any atom is -0.485 e. The van der Waals surface area contributed by atoms with Gasteiger partial charge in [0.25, 0.3) is 0 Å². The Kier molecular flexibility index (Phi) is 7.35. The van der Waals surface area contributed by atoms with E-state index >= 15 is 0 Å². The topological polar surface area (TPSA) is 18.5 Å². The minimum absolute atomic E-state index is 0.194. The lowest BCUT2D eigenvalue weighted by Gasteiger charge is -2.16. The number of benzene rings is 6. The highest BCUT2D eigenvalue weighted by Crippen LogP contribution is 2.39. The highest BCUT2D eigenvalue weighted by molar-refractivity contribution is 6.31. The molecular weight excluding hydrogens is 519 g/mol. The molecule has 0 N–H and O–H groups in total. The predicted molar refractivity (Wildman–Crippen MR) is 160 cm³/mol. The normalized spacial score (nSPS) is 10.8. The Morgan fingerprint density at radius 1 is 0.600 bits per heavy atom. The van der Waals surface area contributed by atoms with Gasteiger partial charge < -0.3 is 9.47 Å². The molecule has 0 aromatic heterocycles. The molecule has 0 radical (unpaired) electrons. The predicted octanol–water partition coefficient (Wildman–Crippen LogP) is 9.34. The maximum atomic E-state index is 14.2. The van der Waals surface area contributed by atoms with Crippen molar-refractivity contribution in [2.75, 3.05) is 0 Å². The molecule has 4 heteroatoms. The lowest BCUT2D eigenvalue weighted by atomic mass is 10.0. The van der Waals surface area contributed by atoms with Crippen LogP contribution in [0.25, 0.3) is 21.5 Å². The number of fused-ring (bicyclic) bond motifs is 2. The molecule has 194 valence electrons. The highest BCUT2D eigenvalue weighted by Gasteiger charge is 2.13. The number of rotatable bonds is 6. The summed E-state index contributed by atoms with van der Waals surface area (Å²) in [5, 5.41) is 4.33. The first kappa shape index (κ1) is 25.5. The van der Waals surface area contributed by atoms with Crippen LogP contribution in [0.15, 0.2) is 121 Å². The van der Waals surface area contributed by atoms with E-state index in [2.05, 4.69) is 30.0 Å². The van der Waals surface area contributed by atoms with E-state index < -0.39 is 5.82 Å². The van der Waals surface area contributed by atoms with Crippen molar-refractivity contribution in [2.45, 2.75) is 13.2 Å². The van der Waals surface area contributed by atoms with Crippen molar-refractivity contribution < 1.29 is 13.9 Å². The van der Waals surface area contributed by atoms with E-state index in [1.54, 1.807) is 12.1 Å². The molecule has 40 heavy (non-hydrogen) atoms. The molecule has 6 aromatic carbocycles. The molecule has 0 aliphatic rings. The number of hydrogen-bond acceptors (Lipinski definition) is 2. The molecule has 0 amide bonds. The largest absolute Gasteiger partial charge is 0.485 e. The van der Waals surface area contributed by atoms with Crippen LogP contribution in [0.3, 0.4) is 0 Å². The summed E-state index contributed by atoms with van der Waals surface area (Å²) in [5.74, 6) is 6.88. The highest BCUT2D eigenvalue weighted by atomic mass is 35.5. The van der Waals surface area contributed by atoms with Crippen LogP contribution in [-0.4, -0.2) is 0 Å². The van der Waals surface area contributed by atoms with E-state index in [1.807, 2.05) is 84.9 Å². The Hall–Kier alpha value is -4.78. The van der Waals surface area contributed by atoms with E-state index in [0.717, 1.165) is 38.2 Å². The summed E-state index contributed by atoms with van der Waals surface area (Å²) in [6.45, 7) is 0.842. The third kappa shape index (κ3) is 5.64. The molecule has 2 nitrogen and oxygen atoms in total. The Bertz CT molecular complexity index is 1850. The summed E-state index contributed by atoms with van der Waals surface area (Å²) < 4.78 is 26.9. The van der Waals surface area contributed by atoms with Gasteiger partial charge in [0.1, 0.15) is 19.0 Å². The fourth-order valence-electron chi connectivity index (χ4n) is 4.58. The third-order valence-corrected chi connectivity index (χ3v) is 6.96. The number of ether oxygens (including phenoxy) is 2. The van der Waals surface area contributed by atoms with Crippen LogP contribution in [-0.2, 0) is 13.2 Å². The van der Waals surface area contributed by atoms with Gasteiger partial charge in [-0.25, -0.2) is 4.39 Å². The van der Waals surface area contributed by atoms with E-state index in [9.17, 15) is 4.39 Å². The van der Waals surface area contributed by atoms with Crippen molar-refractivity contribution in [3.05, 3.63) is 154 Å². The molecule has 0 aliphatic carbocycles. The second-order valence-corrected chi connectivity index (χ2v) is 9.83. The van der Waals surface area contributed by atoms with E-state index in [1.165, 1.54) is 6.07 Å². The van der Waals surface area contributed by atoms with Gasteiger partial charge in [-0.05, 0) is 69.8 Å². The zero-order valence-electron chi connectivity index (χ0n) is 21.5. The Morgan fingerprint density at radius 3 is 2.02 bits per heavy atom. The summed E-state index contributed by atoms with van der Waals surface area (Å²) in [5.41, 5.74) is 3.10. The van der Waals surface area contributed by atoms with E-state index in [0.29, 0.717) is 29.7 Å². The molecule has 6 rings (SSSR count). The van der Waals surface area contributed by atoms with Crippen LogP contribution in [0.4, 0.5) is 4.39 Å². The van der Waals surface area contributed by atoms with Crippen LogP contribution in [0.1, 0.15) is 22.3 Å². The van der Waals surface area contributed by atoms with Crippen molar-refractivity contribution in [1.29, 1.82) is 0 Å². The SMILES string of the molecule is Fc1cccc(Cl)c1C#Cc1ccc2cc3ccc(OCc4ccccc4)c(OCc4ccccc4)c3cc2c1. The zero-order chi connectivity index (χ0) is 27.3. The van der Waals surface area contributed by atoms with Crippen molar-refractivity contribution in [3.63, 3.8) is 0 Å². The lowest BCUT2D eigenvalue weighted by Crippen LogP contribution is -2.01. The lowest BCUT2D eigenvalue weighted by molar-refractivity contribution is 0.259. The van der Waals surface area contributed by atoms with Gasteiger partial charge in [0, 0.05) is 10.9 Å². The van der Waals surface area contributed by atoms with Crippen molar-refractivity contribution in [3.8, 4) is 23.3 Å². The summed E-state index contributed by atoms with van der Waals surface area (Å²) in [7, 11) is 0. The van der Waals surface area contributed by atoms with Gasteiger partial charge in [-0.2, -0.15) is 0 Å². The van der Waals surface area contributed by atoms with Gasteiger partial charge >= 0.3 is 0 Å². The molecule has 0 saturated heterocycles. The van der Waals surface area contributed by atoms with E-state index in [4.69, 9.17) is 21.1 Å². The Balaban J connectivity index is 1.40. The first-order valence-electron chi connectivity index (χ1n) is 12.9. The van der Waals surface area contributed by atoms with Crippen LogP contribution >= 0.6 is 11.6 Å². The fraction of sp³-hybridized carbons (Fsp3) is 0.0556. The Labute approximate surface area is 237 Å². The first-order chi connectivity index (χ1) is 19.6. The van der Waals surface area contributed by atoms with Gasteiger partial charge in [0.15, 0.2) is 11.5 Å². The van der Waals surface area contributed by atoms with Gasteiger partial charge in [-0.1, -0.05) is 102 Å². The Morgan fingerprint density at radius 2 is 1.30 bits per heavy atom. The minimum atomic E-state index is -0.435. The first-order valence-corrected chi connectivity index (χ1v) is 13.3. The summed E-state index contributed by atoms with van der Waals surface area (Å²) >= 11 is 6.16. The van der Waals surface area contributed by atoms with Gasteiger partial charge in [0.05, 0.1) is 10.6 Å². The monoisotopic (exact) mass is 542 g/mol. The fourth-order valence-corrected chi connectivity index (χ4v) is 4.79. The average molecular weight is 543 g/mol. The van der Waals surface area contributed by atoms with E-state index in [-0.39, 0.29) is 5.56 Å². The molecule has 0 aliphatic heterocycles. The van der Waals surface area contributed by atoms with Crippen molar-refractivity contribution in [2.24, 2.45) is 0 Å². The zero-order valence-corrected chi connectivity index (χ0v) is 22.3. The van der Waals surface area contributed by atoms with Crippen LogP contribution in [0.2, 0.25) is 5.02 Å². The van der Waals surface area contributed by atoms with Crippen molar-refractivity contribution in [1.82, 2.24) is 0 Å². The molecule has 0 bridgehead atoms. The molecule has 0 fully saturated rings. The van der Waals surface area contributed by atoms with Crippen molar-refractivity contribution >= 4 is 33.1 Å². The average Bonchev–Trinajstić information content (AvgIpc) is 2.99. The molecule has 0 spiro atoms. The second-order valence-electron chi connectivity index (χ2n) is 9.42. The second kappa shape index (κ2) is 11.5. The molecule has 0 atom stereocenters. The molecule has 6 aromatic rings. The van der Waals surface area contributed by atoms with Gasteiger partial charge in [-0.15, -0.1) is 0 Å². The van der Waals surface area contributed by atoms with Gasteiger partial charge in [0.2, 0.25) is 0 Å². The summed E-state index contributed by atoms with van der Waals surface area (Å²) in [6, 6.07) is 38.9. The molecule has 0 saturated carbocycles. The molecule has 0 unspecified atom stereocenters. The van der Waals surface area contributed by atoms with Crippen LogP contribution in [0.5, 0.6) is 11.5 Å². The molecule has 0 heterocycles. The standard InChI is InChI=1S/C36H24ClFO2/c37-33-12-7-13-34(38)31(33)18-15-25-14-16-28-21-29-17-19-35(39-23-26-8-3-1-4-9-26)36(32(29)22-30(28)20-25)40-24-27-10-5-2-6-11-27/h1-14,16-17,19-22H,23-24H2. The summed E-state index contributed by atoms with van der Waals surface area (Å²) in [4.78, 5) is 0. The number of halogens is 2. The number of hydrogen-bond donors (Lipinski definition) is 0. The van der Waals surface area contributed by atoms with Crippen LogP contribution in [0, 0.1) is 17.7 Å².